The summed E-state index contributed by atoms with van der Waals surface area (Å²) in [6, 6.07) is 8.13. The van der Waals surface area contributed by atoms with Gasteiger partial charge in [-0.1, -0.05) is 0 Å². The number of nitrogens with zero attached hydrogens (tertiary/aromatic N) is 2. The van der Waals surface area contributed by atoms with Crippen molar-refractivity contribution in [3.05, 3.63) is 24.3 Å². The summed E-state index contributed by atoms with van der Waals surface area (Å²) in [5.41, 5.74) is 7.99. The van der Waals surface area contributed by atoms with Gasteiger partial charge in [0.25, 0.3) is 0 Å². The van der Waals surface area contributed by atoms with E-state index in [9.17, 15) is 4.79 Å². The summed E-state index contributed by atoms with van der Waals surface area (Å²) >= 11 is 0. The molecule has 0 saturated carbocycles. The number of carbonyl (C=O) groups is 1. The van der Waals surface area contributed by atoms with E-state index >= 15 is 0 Å². The molecule has 140 valence electrons. The van der Waals surface area contributed by atoms with E-state index in [0.717, 1.165) is 63.3 Å². The van der Waals surface area contributed by atoms with Crippen molar-refractivity contribution in [2.75, 3.05) is 61.8 Å². The molecule has 0 radical (unpaired) electrons. The van der Waals surface area contributed by atoms with Gasteiger partial charge in [-0.3, -0.25) is 0 Å². The third-order valence-electron chi connectivity index (χ3n) is 6.08. The summed E-state index contributed by atoms with van der Waals surface area (Å²) in [5, 5.41) is 0. The fourth-order valence-corrected chi connectivity index (χ4v) is 7.46. The summed E-state index contributed by atoms with van der Waals surface area (Å²) in [4.78, 5) is 17.2. The number of hydrogen-bond donors (Lipinski definition) is 1. The molecule has 1 aromatic rings. The molecule has 2 saturated heterocycles. The topological polar surface area (TPSA) is 58.8 Å². The summed E-state index contributed by atoms with van der Waals surface area (Å²) < 4.78 is 5.73. The Hall–Kier alpha value is -1.32. The maximum atomic E-state index is 12.3. The van der Waals surface area contributed by atoms with Crippen molar-refractivity contribution in [1.82, 2.24) is 4.90 Å². The summed E-state index contributed by atoms with van der Waals surface area (Å²) in [6.45, 7) is 9.56. The van der Waals surface area contributed by atoms with Gasteiger partial charge >= 0.3 is 146 Å². The molecular formula is C19H32N3O2P. The molecule has 2 fully saturated rings. The van der Waals surface area contributed by atoms with Crippen molar-refractivity contribution >= 4 is 24.3 Å². The van der Waals surface area contributed by atoms with Gasteiger partial charge in [-0.05, 0) is 0 Å². The molecule has 1 atom stereocenters. The molecular weight excluding hydrogens is 333 g/mol. The monoisotopic (exact) mass is 365 g/mol. The van der Waals surface area contributed by atoms with Crippen LogP contribution in [0.2, 0.25) is 0 Å². The van der Waals surface area contributed by atoms with Crippen LogP contribution in [-0.2, 0) is 4.74 Å². The standard InChI is InChI=1S/C19H32N3O2P/c1-3-25(4-2)15-18(24-19(25)23)9-10-21-11-13-22(14-12-21)17-7-5-16(20)6-8-17/h5-8,18,25H,3-4,9-15,20H2,1-2H3. The summed E-state index contributed by atoms with van der Waals surface area (Å²) in [6.07, 6.45) is 4.24. The number of benzene rings is 1. The summed E-state index contributed by atoms with van der Waals surface area (Å²) in [7, 11) is -1.79. The number of hydrogen-bond acceptors (Lipinski definition) is 5. The minimum absolute atomic E-state index is 0.161. The fourth-order valence-electron chi connectivity index (χ4n) is 4.07. The number of cyclic esters (lactones) is 1. The fraction of sp³-hybridized carbons (Fsp3) is 0.632. The zero-order valence-electron chi connectivity index (χ0n) is 15.5. The van der Waals surface area contributed by atoms with E-state index in [2.05, 4.69) is 35.8 Å². The first kappa shape index (κ1) is 18.5. The second-order valence-electron chi connectivity index (χ2n) is 7.43. The molecule has 2 aliphatic rings. The maximum absolute atomic E-state index is 12.3. The van der Waals surface area contributed by atoms with Gasteiger partial charge in [0.05, 0.1) is 0 Å². The Bertz CT molecular complexity index is 581. The molecule has 0 aromatic heterocycles. The molecule has 1 unspecified atom stereocenters. The minimum atomic E-state index is -1.79. The molecule has 2 heterocycles. The van der Waals surface area contributed by atoms with E-state index in [4.69, 9.17) is 10.5 Å². The average molecular weight is 365 g/mol. The Morgan fingerprint density at radius 3 is 2.32 bits per heavy atom. The normalized spacial score (nSPS) is 25.0. The van der Waals surface area contributed by atoms with E-state index in [0.29, 0.717) is 0 Å². The van der Waals surface area contributed by atoms with E-state index in [1.54, 1.807) is 0 Å². The van der Waals surface area contributed by atoms with Crippen LogP contribution in [0.3, 0.4) is 0 Å². The third kappa shape index (κ3) is 4.09. The number of ether oxygens (including phenoxy) is 1. The Morgan fingerprint density at radius 2 is 1.76 bits per heavy atom. The first-order valence-corrected chi connectivity index (χ1v) is 12.2. The molecule has 0 aliphatic carbocycles. The van der Waals surface area contributed by atoms with Crippen molar-refractivity contribution < 1.29 is 9.53 Å². The molecule has 3 rings (SSSR count). The zero-order chi connectivity index (χ0) is 17.9. The predicted molar refractivity (Wildman–Crippen MR) is 109 cm³/mol. The molecule has 2 aliphatic heterocycles. The molecule has 6 heteroatoms. The number of piperazine rings is 1. The van der Waals surface area contributed by atoms with Crippen molar-refractivity contribution in [2.45, 2.75) is 26.4 Å². The quantitative estimate of drug-likeness (QED) is 0.620. The summed E-state index contributed by atoms with van der Waals surface area (Å²) in [5.74, 6) is 0. The SMILES string of the molecule is CC[PH]1(CC)CC(CCN2CCN(c3ccc(N)cc3)CC2)OC1=O. The van der Waals surface area contributed by atoms with Crippen LogP contribution >= 0.6 is 7.26 Å². The second kappa shape index (κ2) is 7.92. The van der Waals surface area contributed by atoms with Crippen LogP contribution < -0.4 is 10.6 Å². The molecule has 0 amide bonds. The van der Waals surface area contributed by atoms with Gasteiger partial charge in [-0.2, -0.15) is 0 Å². The Kier molecular flexibility index (Phi) is 5.85. The van der Waals surface area contributed by atoms with Gasteiger partial charge in [-0.15, -0.1) is 0 Å². The molecule has 0 bridgehead atoms. The van der Waals surface area contributed by atoms with Crippen LogP contribution in [0.5, 0.6) is 0 Å². The number of rotatable bonds is 6. The van der Waals surface area contributed by atoms with Crippen LogP contribution in [0.4, 0.5) is 16.2 Å². The van der Waals surface area contributed by atoms with Crippen LogP contribution in [0, 0.1) is 0 Å². The Labute approximate surface area is 151 Å². The third-order valence-corrected chi connectivity index (χ3v) is 11.0. The van der Waals surface area contributed by atoms with Gasteiger partial charge in [0.15, 0.2) is 0 Å². The zero-order valence-corrected chi connectivity index (χ0v) is 16.5. The van der Waals surface area contributed by atoms with E-state index in [1.165, 1.54) is 5.69 Å². The molecule has 0 spiro atoms. The Morgan fingerprint density at radius 1 is 1.12 bits per heavy atom. The predicted octanol–water partition coefficient (Wildman–Crippen LogP) is 3.09. The molecule has 1 aromatic carbocycles. The number of carbonyl (C=O) groups excluding carboxylic acids is 1. The molecule has 2 N–H and O–H groups in total. The van der Waals surface area contributed by atoms with Crippen LogP contribution in [0.25, 0.3) is 0 Å². The van der Waals surface area contributed by atoms with Crippen molar-refractivity contribution in [1.29, 1.82) is 0 Å². The van der Waals surface area contributed by atoms with Crippen molar-refractivity contribution in [3.63, 3.8) is 0 Å². The van der Waals surface area contributed by atoms with Crippen LogP contribution in [0.15, 0.2) is 24.3 Å². The number of nitrogens with two attached hydrogens (primary N) is 1. The first-order valence-electron chi connectivity index (χ1n) is 9.60. The van der Waals surface area contributed by atoms with Crippen LogP contribution in [0.1, 0.15) is 20.3 Å². The van der Waals surface area contributed by atoms with Crippen LogP contribution in [-0.4, -0.2) is 67.9 Å². The van der Waals surface area contributed by atoms with Gasteiger partial charge in [0.1, 0.15) is 0 Å². The van der Waals surface area contributed by atoms with E-state index in [-0.39, 0.29) is 11.8 Å². The van der Waals surface area contributed by atoms with Crippen molar-refractivity contribution in [2.24, 2.45) is 0 Å². The molecule has 25 heavy (non-hydrogen) atoms. The Balaban J connectivity index is 1.44. The van der Waals surface area contributed by atoms with Gasteiger partial charge in [0.2, 0.25) is 0 Å². The van der Waals surface area contributed by atoms with Crippen molar-refractivity contribution in [3.8, 4) is 0 Å². The van der Waals surface area contributed by atoms with Gasteiger partial charge < -0.3 is 5.73 Å². The first-order chi connectivity index (χ1) is 12.1. The van der Waals surface area contributed by atoms with Gasteiger partial charge in [0, 0.05) is 0 Å². The van der Waals surface area contributed by atoms with E-state index in [1.807, 2.05) is 12.1 Å². The molecule has 5 nitrogen and oxygen atoms in total. The average Bonchev–Trinajstić information content (AvgIpc) is 2.97. The van der Waals surface area contributed by atoms with E-state index < -0.39 is 7.26 Å². The number of nitrogen functional groups attached to an aromatic ring is 1. The van der Waals surface area contributed by atoms with Gasteiger partial charge in [-0.25, -0.2) is 0 Å². The second-order valence-corrected chi connectivity index (χ2v) is 12.2. The number of anilines is 2.